The van der Waals surface area contributed by atoms with Crippen LogP contribution in [0, 0.1) is 5.92 Å². The predicted molar refractivity (Wildman–Crippen MR) is 87.6 cm³/mol. The molecule has 1 N–H and O–H groups in total. The van der Waals surface area contributed by atoms with Crippen LogP contribution in [0.15, 0.2) is 36.7 Å². The van der Waals surface area contributed by atoms with E-state index in [9.17, 15) is 5.11 Å². The van der Waals surface area contributed by atoms with Gasteiger partial charge in [-0.1, -0.05) is 23.7 Å². The summed E-state index contributed by atoms with van der Waals surface area (Å²) in [6.45, 7) is 2.89. The fraction of sp³-hybridized carbons (Fsp3) is 0.471. The van der Waals surface area contributed by atoms with E-state index in [1.54, 1.807) is 0 Å². The summed E-state index contributed by atoms with van der Waals surface area (Å²) in [7, 11) is 2.03. The lowest BCUT2D eigenvalue weighted by molar-refractivity contribution is 0.0558. The minimum Gasteiger partial charge on any atom is -0.388 e. The highest BCUT2D eigenvalue weighted by Gasteiger charge is 2.26. The number of hydrogen-bond acceptors (Lipinski definition) is 3. The van der Waals surface area contributed by atoms with Gasteiger partial charge in [0.25, 0.3) is 0 Å². The van der Waals surface area contributed by atoms with Crippen molar-refractivity contribution in [3.8, 4) is 0 Å². The molecule has 5 heteroatoms. The number of hydrogen-bond donors (Lipinski definition) is 1. The molecule has 0 unspecified atom stereocenters. The Labute approximate surface area is 136 Å². The van der Waals surface area contributed by atoms with E-state index in [-0.39, 0.29) is 0 Å². The predicted octanol–water partition coefficient (Wildman–Crippen LogP) is 3.02. The number of rotatable bonds is 4. The van der Waals surface area contributed by atoms with Crippen LogP contribution in [0.4, 0.5) is 0 Å². The van der Waals surface area contributed by atoms with Gasteiger partial charge in [0, 0.05) is 24.5 Å². The number of piperidine rings is 1. The van der Waals surface area contributed by atoms with E-state index >= 15 is 0 Å². The lowest BCUT2D eigenvalue weighted by Gasteiger charge is -2.34. The van der Waals surface area contributed by atoms with Crippen LogP contribution < -0.4 is 0 Å². The molecule has 118 valence electrons. The van der Waals surface area contributed by atoms with Crippen molar-refractivity contribution in [2.24, 2.45) is 13.0 Å². The Hall–Kier alpha value is -1.36. The van der Waals surface area contributed by atoms with Crippen LogP contribution >= 0.6 is 11.6 Å². The van der Waals surface area contributed by atoms with E-state index in [2.05, 4.69) is 14.5 Å². The van der Waals surface area contributed by atoms with Gasteiger partial charge >= 0.3 is 0 Å². The molecule has 0 aliphatic carbocycles. The second-order valence-electron chi connectivity index (χ2n) is 6.06. The number of aryl methyl sites for hydroxylation is 1. The number of aromatic nitrogens is 2. The SMILES string of the molecule is Cn1ccnc1CN1CCC([C@@H](O)c2ccc(Cl)cc2)CC1. The van der Waals surface area contributed by atoms with Crippen molar-refractivity contribution in [3.63, 3.8) is 0 Å². The molecule has 3 rings (SSSR count). The topological polar surface area (TPSA) is 41.3 Å². The van der Waals surface area contributed by atoms with E-state index in [1.807, 2.05) is 43.7 Å². The van der Waals surface area contributed by atoms with Crippen LogP contribution in [-0.4, -0.2) is 32.6 Å². The summed E-state index contributed by atoms with van der Waals surface area (Å²) in [4.78, 5) is 6.79. The minimum atomic E-state index is -0.396. The largest absolute Gasteiger partial charge is 0.388 e. The summed E-state index contributed by atoms with van der Waals surface area (Å²) in [6, 6.07) is 7.53. The molecule has 0 bridgehead atoms. The fourth-order valence-electron chi connectivity index (χ4n) is 3.11. The van der Waals surface area contributed by atoms with Crippen LogP contribution in [0.25, 0.3) is 0 Å². The molecule has 0 spiro atoms. The zero-order chi connectivity index (χ0) is 15.5. The van der Waals surface area contributed by atoms with Crippen molar-refractivity contribution in [2.45, 2.75) is 25.5 Å². The number of likely N-dealkylation sites (tertiary alicyclic amines) is 1. The molecule has 22 heavy (non-hydrogen) atoms. The van der Waals surface area contributed by atoms with Gasteiger partial charge in [-0.05, 0) is 49.5 Å². The summed E-state index contributed by atoms with van der Waals surface area (Å²) in [5, 5.41) is 11.3. The van der Waals surface area contributed by atoms with Crippen molar-refractivity contribution in [1.82, 2.24) is 14.5 Å². The zero-order valence-electron chi connectivity index (χ0n) is 12.8. The molecular formula is C17H22ClN3O. The highest BCUT2D eigenvalue weighted by atomic mass is 35.5. The smallest absolute Gasteiger partial charge is 0.122 e. The number of halogens is 1. The summed E-state index contributed by atoms with van der Waals surface area (Å²) < 4.78 is 2.06. The Balaban J connectivity index is 1.55. The van der Waals surface area contributed by atoms with Gasteiger partial charge in [0.2, 0.25) is 0 Å². The third kappa shape index (κ3) is 3.51. The molecule has 0 radical (unpaired) electrons. The molecule has 0 saturated carbocycles. The number of aliphatic hydroxyl groups is 1. The maximum Gasteiger partial charge on any atom is 0.122 e. The molecule has 1 atom stereocenters. The van der Waals surface area contributed by atoms with Crippen molar-refractivity contribution in [3.05, 3.63) is 53.1 Å². The van der Waals surface area contributed by atoms with Gasteiger partial charge in [-0.3, -0.25) is 4.90 Å². The molecule has 1 fully saturated rings. The second kappa shape index (κ2) is 6.82. The molecule has 1 aromatic carbocycles. The maximum atomic E-state index is 10.5. The van der Waals surface area contributed by atoms with Gasteiger partial charge in [0.1, 0.15) is 5.82 Å². The summed E-state index contributed by atoms with van der Waals surface area (Å²) >= 11 is 5.91. The Bertz CT molecular complexity index is 603. The Morgan fingerprint density at radius 1 is 1.27 bits per heavy atom. The van der Waals surface area contributed by atoms with Crippen LogP contribution in [0.5, 0.6) is 0 Å². The van der Waals surface area contributed by atoms with Crippen LogP contribution in [0.2, 0.25) is 5.02 Å². The highest BCUT2D eigenvalue weighted by Crippen LogP contribution is 2.31. The molecule has 1 aliphatic rings. The first-order valence-corrected chi connectivity index (χ1v) is 8.13. The van der Waals surface area contributed by atoms with E-state index < -0.39 is 6.10 Å². The Morgan fingerprint density at radius 2 is 1.95 bits per heavy atom. The van der Waals surface area contributed by atoms with Crippen molar-refractivity contribution in [1.29, 1.82) is 0 Å². The van der Waals surface area contributed by atoms with Crippen LogP contribution in [-0.2, 0) is 13.6 Å². The second-order valence-corrected chi connectivity index (χ2v) is 6.50. The third-order valence-corrected chi connectivity index (χ3v) is 4.83. The number of imidazole rings is 1. The minimum absolute atomic E-state index is 0.318. The Morgan fingerprint density at radius 3 is 2.55 bits per heavy atom. The molecule has 2 aromatic rings. The van der Waals surface area contributed by atoms with Crippen LogP contribution in [0.1, 0.15) is 30.3 Å². The molecule has 1 saturated heterocycles. The van der Waals surface area contributed by atoms with E-state index in [1.165, 1.54) is 0 Å². The van der Waals surface area contributed by atoms with E-state index in [0.717, 1.165) is 43.9 Å². The first-order valence-electron chi connectivity index (χ1n) is 7.75. The maximum absolute atomic E-state index is 10.5. The lowest BCUT2D eigenvalue weighted by atomic mass is 9.87. The number of benzene rings is 1. The average Bonchev–Trinajstić information content (AvgIpc) is 2.93. The van der Waals surface area contributed by atoms with E-state index in [0.29, 0.717) is 10.9 Å². The van der Waals surface area contributed by atoms with Gasteiger partial charge in [0.05, 0.1) is 12.6 Å². The molecular weight excluding hydrogens is 298 g/mol. The van der Waals surface area contributed by atoms with Crippen molar-refractivity contribution < 1.29 is 5.11 Å². The fourth-order valence-corrected chi connectivity index (χ4v) is 3.23. The quantitative estimate of drug-likeness (QED) is 0.942. The first kappa shape index (κ1) is 15.5. The van der Waals surface area contributed by atoms with E-state index in [4.69, 9.17) is 11.6 Å². The van der Waals surface area contributed by atoms with Gasteiger partial charge in [0.15, 0.2) is 0 Å². The van der Waals surface area contributed by atoms with Crippen molar-refractivity contribution >= 4 is 11.6 Å². The van der Waals surface area contributed by atoms with Gasteiger partial charge in [-0.2, -0.15) is 0 Å². The molecule has 1 aliphatic heterocycles. The first-order chi connectivity index (χ1) is 10.6. The molecule has 2 heterocycles. The monoisotopic (exact) mass is 319 g/mol. The van der Waals surface area contributed by atoms with Gasteiger partial charge in [-0.15, -0.1) is 0 Å². The zero-order valence-corrected chi connectivity index (χ0v) is 13.6. The standard InChI is InChI=1S/C17H22ClN3O/c1-20-11-8-19-16(20)12-21-9-6-14(7-10-21)17(22)13-2-4-15(18)5-3-13/h2-5,8,11,14,17,22H,6-7,9-10,12H2,1H3/t17-/m0/s1. The molecule has 4 nitrogen and oxygen atoms in total. The molecule has 0 amide bonds. The number of aliphatic hydroxyl groups excluding tert-OH is 1. The average molecular weight is 320 g/mol. The summed E-state index contributed by atoms with van der Waals surface area (Å²) in [5.74, 6) is 1.41. The van der Waals surface area contributed by atoms with Gasteiger partial charge < -0.3 is 9.67 Å². The third-order valence-electron chi connectivity index (χ3n) is 4.58. The summed E-state index contributed by atoms with van der Waals surface area (Å²) in [6.07, 6.45) is 5.44. The van der Waals surface area contributed by atoms with Gasteiger partial charge in [-0.25, -0.2) is 4.98 Å². The Kier molecular flexibility index (Phi) is 4.81. The van der Waals surface area contributed by atoms with Crippen molar-refractivity contribution in [2.75, 3.05) is 13.1 Å². The van der Waals surface area contributed by atoms with Crippen LogP contribution in [0.3, 0.4) is 0 Å². The summed E-state index contributed by atoms with van der Waals surface area (Å²) in [5.41, 5.74) is 0.965. The molecule has 1 aromatic heterocycles. The lowest BCUT2D eigenvalue weighted by Crippen LogP contribution is -2.35. The highest BCUT2D eigenvalue weighted by molar-refractivity contribution is 6.30. The number of nitrogens with zero attached hydrogens (tertiary/aromatic N) is 3. The normalized spacial score (nSPS) is 18.5.